The summed E-state index contributed by atoms with van der Waals surface area (Å²) in [6.07, 6.45) is 24.0. The SMILES string of the molecule is CCCC/C=C\C/C=C\CCCCCCCC(=O)NC(CO)C(O)CCCCC. The number of rotatable bonds is 20. The Kier molecular flexibility index (Phi) is 20.7. The molecule has 4 heteroatoms. The van der Waals surface area contributed by atoms with Gasteiger partial charge >= 0.3 is 0 Å². The van der Waals surface area contributed by atoms with E-state index in [0.717, 1.165) is 51.4 Å². The first-order valence-electron chi connectivity index (χ1n) is 12.0. The van der Waals surface area contributed by atoms with Gasteiger partial charge in [-0.1, -0.05) is 89.5 Å². The second-order valence-corrected chi connectivity index (χ2v) is 8.05. The predicted octanol–water partition coefficient (Wildman–Crippen LogP) is 5.83. The fourth-order valence-corrected chi connectivity index (χ4v) is 3.25. The molecule has 0 heterocycles. The molecule has 0 saturated heterocycles. The molecule has 2 unspecified atom stereocenters. The van der Waals surface area contributed by atoms with Crippen LogP contribution in [0, 0.1) is 0 Å². The molecular weight excluding hydrogens is 362 g/mol. The van der Waals surface area contributed by atoms with Crippen molar-refractivity contribution in [1.29, 1.82) is 0 Å². The van der Waals surface area contributed by atoms with Crippen LogP contribution in [0.4, 0.5) is 0 Å². The van der Waals surface area contributed by atoms with E-state index in [9.17, 15) is 15.0 Å². The van der Waals surface area contributed by atoms with E-state index >= 15 is 0 Å². The lowest BCUT2D eigenvalue weighted by Gasteiger charge is -2.22. The molecular formula is C25H47NO3. The molecule has 0 rings (SSSR count). The fraction of sp³-hybridized carbons (Fsp3) is 0.800. The standard InChI is InChI=1S/C25H47NO3/c1-3-5-7-8-9-10-11-12-13-14-15-16-17-19-21-25(29)26-23(22-27)24(28)20-18-6-4-2/h8-9,11-12,23-24,27-28H,3-7,10,13-22H2,1-2H3,(H,26,29)/b9-8-,12-11-. The van der Waals surface area contributed by atoms with E-state index in [2.05, 4.69) is 43.5 Å². The summed E-state index contributed by atoms with van der Waals surface area (Å²) in [6.45, 7) is 4.13. The average molecular weight is 410 g/mol. The van der Waals surface area contributed by atoms with Gasteiger partial charge in [0.15, 0.2) is 0 Å². The summed E-state index contributed by atoms with van der Waals surface area (Å²) in [5.41, 5.74) is 0. The zero-order valence-corrected chi connectivity index (χ0v) is 19.1. The molecule has 0 fully saturated rings. The molecule has 1 amide bonds. The van der Waals surface area contributed by atoms with E-state index in [4.69, 9.17) is 0 Å². The van der Waals surface area contributed by atoms with Gasteiger partial charge in [0.1, 0.15) is 0 Å². The van der Waals surface area contributed by atoms with Crippen molar-refractivity contribution in [2.24, 2.45) is 0 Å². The number of nitrogens with one attached hydrogen (secondary N) is 1. The van der Waals surface area contributed by atoms with Crippen LogP contribution in [0.5, 0.6) is 0 Å². The Morgan fingerprint density at radius 1 is 0.828 bits per heavy atom. The van der Waals surface area contributed by atoms with Crippen molar-refractivity contribution in [1.82, 2.24) is 5.32 Å². The highest BCUT2D eigenvalue weighted by molar-refractivity contribution is 5.76. The third-order valence-electron chi connectivity index (χ3n) is 5.22. The van der Waals surface area contributed by atoms with E-state index in [-0.39, 0.29) is 12.5 Å². The van der Waals surface area contributed by atoms with E-state index in [0.29, 0.717) is 12.8 Å². The van der Waals surface area contributed by atoms with Gasteiger partial charge in [-0.15, -0.1) is 0 Å². The largest absolute Gasteiger partial charge is 0.394 e. The lowest BCUT2D eigenvalue weighted by atomic mass is 10.0. The Morgan fingerprint density at radius 2 is 1.45 bits per heavy atom. The van der Waals surface area contributed by atoms with E-state index < -0.39 is 12.1 Å². The summed E-state index contributed by atoms with van der Waals surface area (Å²) in [6, 6.07) is -0.535. The van der Waals surface area contributed by atoms with Gasteiger partial charge in [-0.25, -0.2) is 0 Å². The Labute approximate surface area is 179 Å². The number of aliphatic hydroxyl groups is 2. The number of allylic oxidation sites excluding steroid dienone is 4. The first kappa shape index (κ1) is 27.9. The summed E-state index contributed by atoms with van der Waals surface area (Å²) in [5, 5.41) is 22.3. The molecule has 0 spiro atoms. The highest BCUT2D eigenvalue weighted by Crippen LogP contribution is 2.10. The van der Waals surface area contributed by atoms with E-state index in [1.165, 1.54) is 32.1 Å². The first-order valence-corrected chi connectivity index (χ1v) is 12.0. The van der Waals surface area contributed by atoms with Crippen molar-refractivity contribution < 1.29 is 15.0 Å². The smallest absolute Gasteiger partial charge is 0.220 e. The Hall–Kier alpha value is -1.13. The molecule has 0 aliphatic rings. The lowest BCUT2D eigenvalue weighted by Crippen LogP contribution is -2.45. The number of hydrogen-bond acceptors (Lipinski definition) is 3. The van der Waals surface area contributed by atoms with Crippen molar-refractivity contribution in [3.05, 3.63) is 24.3 Å². The third kappa shape index (κ3) is 18.6. The lowest BCUT2D eigenvalue weighted by molar-refractivity contribution is -0.123. The van der Waals surface area contributed by atoms with E-state index in [1.807, 2.05) is 0 Å². The summed E-state index contributed by atoms with van der Waals surface area (Å²) in [4.78, 5) is 12.0. The van der Waals surface area contributed by atoms with Crippen LogP contribution < -0.4 is 5.32 Å². The van der Waals surface area contributed by atoms with Crippen LogP contribution in [0.1, 0.15) is 110 Å². The fourth-order valence-electron chi connectivity index (χ4n) is 3.25. The van der Waals surface area contributed by atoms with Crippen molar-refractivity contribution >= 4 is 5.91 Å². The van der Waals surface area contributed by atoms with Crippen LogP contribution >= 0.6 is 0 Å². The van der Waals surface area contributed by atoms with Crippen LogP contribution in [-0.4, -0.2) is 34.9 Å². The van der Waals surface area contributed by atoms with Gasteiger partial charge in [0.2, 0.25) is 5.91 Å². The summed E-state index contributed by atoms with van der Waals surface area (Å²) in [5.74, 6) is -0.0616. The Balaban J connectivity index is 3.62. The molecule has 0 bridgehead atoms. The maximum atomic E-state index is 12.0. The molecule has 0 aliphatic heterocycles. The van der Waals surface area contributed by atoms with Crippen molar-refractivity contribution in [3.63, 3.8) is 0 Å². The number of carbonyl (C=O) groups is 1. The maximum Gasteiger partial charge on any atom is 0.220 e. The number of carbonyl (C=O) groups excluding carboxylic acids is 1. The molecule has 0 aromatic heterocycles. The highest BCUT2D eigenvalue weighted by atomic mass is 16.3. The quantitative estimate of drug-likeness (QED) is 0.175. The van der Waals surface area contributed by atoms with Crippen LogP contribution in [-0.2, 0) is 4.79 Å². The molecule has 0 aromatic carbocycles. The van der Waals surface area contributed by atoms with Crippen LogP contribution in [0.25, 0.3) is 0 Å². The molecule has 0 saturated carbocycles. The molecule has 3 N–H and O–H groups in total. The van der Waals surface area contributed by atoms with Crippen molar-refractivity contribution in [3.8, 4) is 0 Å². The van der Waals surface area contributed by atoms with Gasteiger partial charge in [-0.2, -0.15) is 0 Å². The minimum Gasteiger partial charge on any atom is -0.394 e. The Morgan fingerprint density at radius 3 is 2.10 bits per heavy atom. The average Bonchev–Trinajstić information content (AvgIpc) is 2.72. The molecule has 2 atom stereocenters. The van der Waals surface area contributed by atoms with Crippen molar-refractivity contribution in [2.45, 2.75) is 122 Å². The minimum absolute atomic E-state index is 0.0616. The van der Waals surface area contributed by atoms with Gasteiger partial charge in [-0.3, -0.25) is 4.79 Å². The van der Waals surface area contributed by atoms with Gasteiger partial charge in [0, 0.05) is 6.42 Å². The number of amides is 1. The molecule has 0 aromatic rings. The second kappa shape index (κ2) is 21.6. The van der Waals surface area contributed by atoms with Gasteiger partial charge < -0.3 is 15.5 Å². The van der Waals surface area contributed by atoms with Crippen molar-refractivity contribution in [2.75, 3.05) is 6.61 Å². The number of aliphatic hydroxyl groups excluding tert-OH is 2. The molecule has 0 radical (unpaired) electrons. The molecule has 170 valence electrons. The third-order valence-corrected chi connectivity index (χ3v) is 5.22. The Bertz CT molecular complexity index is 420. The number of unbranched alkanes of at least 4 members (excludes halogenated alkanes) is 9. The molecule has 0 aliphatic carbocycles. The van der Waals surface area contributed by atoms with Crippen LogP contribution in [0.3, 0.4) is 0 Å². The van der Waals surface area contributed by atoms with E-state index in [1.54, 1.807) is 0 Å². The molecule has 29 heavy (non-hydrogen) atoms. The zero-order valence-electron chi connectivity index (χ0n) is 19.1. The normalized spacial score (nSPS) is 13.9. The first-order chi connectivity index (χ1) is 14.2. The summed E-state index contributed by atoms with van der Waals surface area (Å²) < 4.78 is 0. The van der Waals surface area contributed by atoms with Gasteiger partial charge in [0.05, 0.1) is 18.8 Å². The highest BCUT2D eigenvalue weighted by Gasteiger charge is 2.19. The minimum atomic E-state index is -0.657. The monoisotopic (exact) mass is 409 g/mol. The topological polar surface area (TPSA) is 69.6 Å². The number of hydrogen-bond donors (Lipinski definition) is 3. The van der Waals surface area contributed by atoms with Gasteiger partial charge in [0.25, 0.3) is 0 Å². The zero-order chi connectivity index (χ0) is 21.6. The predicted molar refractivity (Wildman–Crippen MR) is 124 cm³/mol. The summed E-state index contributed by atoms with van der Waals surface area (Å²) >= 11 is 0. The van der Waals surface area contributed by atoms with Crippen LogP contribution in [0.2, 0.25) is 0 Å². The van der Waals surface area contributed by atoms with Gasteiger partial charge in [-0.05, 0) is 38.5 Å². The van der Waals surface area contributed by atoms with Crippen LogP contribution in [0.15, 0.2) is 24.3 Å². The second-order valence-electron chi connectivity index (χ2n) is 8.05. The molecule has 4 nitrogen and oxygen atoms in total. The maximum absolute atomic E-state index is 12.0. The summed E-state index contributed by atoms with van der Waals surface area (Å²) in [7, 11) is 0.